The summed E-state index contributed by atoms with van der Waals surface area (Å²) < 4.78 is 35.3. The van der Waals surface area contributed by atoms with Crippen LogP contribution in [0.4, 0.5) is 13.2 Å². The summed E-state index contributed by atoms with van der Waals surface area (Å²) in [5.74, 6) is 0.0134. The van der Waals surface area contributed by atoms with Crippen LogP contribution in [0.3, 0.4) is 0 Å². The lowest BCUT2D eigenvalue weighted by Crippen LogP contribution is -2.31. The van der Waals surface area contributed by atoms with Gasteiger partial charge in [0.1, 0.15) is 5.78 Å². The Bertz CT molecular complexity index is 201. The lowest BCUT2D eigenvalue weighted by atomic mass is 9.98. The Balaban J connectivity index is 3.74. The number of alkyl halides is 3. The highest BCUT2D eigenvalue weighted by atomic mass is 19.4. The van der Waals surface area contributed by atoms with Crippen LogP contribution >= 0.6 is 0 Å². The SMILES string of the molecule is CC(C)CC(N)C(=O)CCCC(F)(F)F. The quantitative estimate of drug-likeness (QED) is 0.755. The Morgan fingerprint density at radius 3 is 2.27 bits per heavy atom. The van der Waals surface area contributed by atoms with E-state index >= 15 is 0 Å². The third-order valence-electron chi connectivity index (χ3n) is 2.02. The van der Waals surface area contributed by atoms with Crippen molar-refractivity contribution >= 4 is 5.78 Å². The maximum absolute atomic E-state index is 11.8. The molecule has 90 valence electrons. The predicted molar refractivity (Wildman–Crippen MR) is 52.3 cm³/mol. The number of ketones is 1. The highest BCUT2D eigenvalue weighted by Gasteiger charge is 2.27. The standard InChI is InChI=1S/C10H18F3NO/c1-7(2)6-8(14)9(15)4-3-5-10(11,12)13/h7-8H,3-6,14H2,1-2H3. The number of halogens is 3. The zero-order chi connectivity index (χ0) is 12.1. The van der Waals surface area contributed by atoms with Crippen molar-refractivity contribution in [2.24, 2.45) is 11.7 Å². The molecule has 0 rings (SSSR count). The Kier molecular flexibility index (Phi) is 5.87. The summed E-state index contributed by atoms with van der Waals surface area (Å²) in [5, 5.41) is 0. The Morgan fingerprint density at radius 1 is 1.33 bits per heavy atom. The van der Waals surface area contributed by atoms with Gasteiger partial charge < -0.3 is 5.73 Å². The Hall–Kier alpha value is -0.580. The molecular weight excluding hydrogens is 207 g/mol. The van der Waals surface area contributed by atoms with Crippen molar-refractivity contribution in [3.63, 3.8) is 0 Å². The first-order chi connectivity index (χ1) is 6.72. The number of Topliss-reactive ketones (excluding diaryl/α,β-unsaturated/α-hetero) is 1. The zero-order valence-corrected chi connectivity index (χ0v) is 9.10. The molecule has 0 saturated heterocycles. The van der Waals surface area contributed by atoms with E-state index in [4.69, 9.17) is 5.73 Å². The first-order valence-corrected chi connectivity index (χ1v) is 5.07. The summed E-state index contributed by atoms with van der Waals surface area (Å²) in [6.45, 7) is 3.84. The summed E-state index contributed by atoms with van der Waals surface area (Å²) in [5.41, 5.74) is 5.54. The van der Waals surface area contributed by atoms with E-state index in [1.165, 1.54) is 0 Å². The largest absolute Gasteiger partial charge is 0.389 e. The normalized spacial score (nSPS) is 14.3. The number of carbonyl (C=O) groups is 1. The zero-order valence-electron chi connectivity index (χ0n) is 9.10. The fourth-order valence-corrected chi connectivity index (χ4v) is 1.29. The summed E-state index contributed by atoms with van der Waals surface area (Å²) >= 11 is 0. The molecule has 0 bridgehead atoms. The number of hydrogen-bond donors (Lipinski definition) is 1. The van der Waals surface area contributed by atoms with Crippen LogP contribution in [0, 0.1) is 5.92 Å². The van der Waals surface area contributed by atoms with Gasteiger partial charge in [-0.1, -0.05) is 13.8 Å². The molecule has 5 heteroatoms. The minimum atomic E-state index is -4.18. The topological polar surface area (TPSA) is 43.1 Å². The Morgan fingerprint density at radius 2 is 1.87 bits per heavy atom. The molecule has 0 aromatic rings. The molecule has 0 aromatic heterocycles. The van der Waals surface area contributed by atoms with Crippen LogP contribution in [0.15, 0.2) is 0 Å². The van der Waals surface area contributed by atoms with E-state index in [2.05, 4.69) is 0 Å². The molecule has 1 atom stereocenters. The average molecular weight is 225 g/mol. The number of carbonyl (C=O) groups excluding carboxylic acids is 1. The molecule has 0 aromatic carbocycles. The van der Waals surface area contributed by atoms with Crippen molar-refractivity contribution < 1.29 is 18.0 Å². The van der Waals surface area contributed by atoms with Gasteiger partial charge in [-0.2, -0.15) is 13.2 Å². The lowest BCUT2D eigenvalue weighted by molar-refractivity contribution is -0.137. The van der Waals surface area contributed by atoms with Crippen LogP contribution in [0.5, 0.6) is 0 Å². The van der Waals surface area contributed by atoms with Crippen LogP contribution in [0.2, 0.25) is 0 Å². The summed E-state index contributed by atoms with van der Waals surface area (Å²) in [4.78, 5) is 11.3. The summed E-state index contributed by atoms with van der Waals surface area (Å²) in [7, 11) is 0. The molecule has 0 aliphatic heterocycles. The van der Waals surface area contributed by atoms with E-state index in [1.54, 1.807) is 0 Å². The monoisotopic (exact) mass is 225 g/mol. The number of hydrogen-bond acceptors (Lipinski definition) is 2. The van der Waals surface area contributed by atoms with Gasteiger partial charge in [0.15, 0.2) is 0 Å². The maximum Gasteiger partial charge on any atom is 0.389 e. The number of nitrogens with two attached hydrogens (primary N) is 1. The van der Waals surface area contributed by atoms with Crippen LogP contribution < -0.4 is 5.73 Å². The van der Waals surface area contributed by atoms with Crippen LogP contribution in [0.25, 0.3) is 0 Å². The van der Waals surface area contributed by atoms with Gasteiger partial charge in [0.2, 0.25) is 0 Å². The smallest absolute Gasteiger partial charge is 0.322 e. The molecule has 2 nitrogen and oxygen atoms in total. The van der Waals surface area contributed by atoms with Crippen molar-refractivity contribution in [3.05, 3.63) is 0 Å². The molecule has 2 N–H and O–H groups in total. The highest BCUT2D eigenvalue weighted by Crippen LogP contribution is 2.22. The van der Waals surface area contributed by atoms with Crippen LogP contribution in [0.1, 0.15) is 39.5 Å². The van der Waals surface area contributed by atoms with Crippen LogP contribution in [-0.2, 0) is 4.79 Å². The molecule has 0 aliphatic carbocycles. The fraction of sp³-hybridized carbons (Fsp3) is 0.900. The second-order valence-electron chi connectivity index (χ2n) is 4.17. The van der Waals surface area contributed by atoms with E-state index < -0.39 is 18.6 Å². The average Bonchev–Trinajstić information content (AvgIpc) is 2.00. The predicted octanol–water partition coefficient (Wildman–Crippen LogP) is 2.66. The number of rotatable bonds is 6. The molecule has 0 spiro atoms. The van der Waals surface area contributed by atoms with Gasteiger partial charge in [-0.3, -0.25) is 4.79 Å². The highest BCUT2D eigenvalue weighted by molar-refractivity contribution is 5.83. The second kappa shape index (κ2) is 6.10. The van der Waals surface area contributed by atoms with Crippen molar-refractivity contribution in [3.8, 4) is 0 Å². The van der Waals surface area contributed by atoms with Gasteiger partial charge >= 0.3 is 6.18 Å². The van der Waals surface area contributed by atoms with Crippen LogP contribution in [-0.4, -0.2) is 18.0 Å². The van der Waals surface area contributed by atoms with E-state index in [9.17, 15) is 18.0 Å². The van der Waals surface area contributed by atoms with Gasteiger partial charge in [0.05, 0.1) is 6.04 Å². The van der Waals surface area contributed by atoms with Crippen molar-refractivity contribution in [2.45, 2.75) is 51.7 Å². The van der Waals surface area contributed by atoms with E-state index in [0.717, 1.165) is 0 Å². The van der Waals surface area contributed by atoms with E-state index in [1.807, 2.05) is 13.8 Å². The molecule has 0 amide bonds. The molecule has 0 radical (unpaired) electrons. The lowest BCUT2D eigenvalue weighted by Gasteiger charge is -2.13. The first kappa shape index (κ1) is 14.4. The van der Waals surface area contributed by atoms with Crippen molar-refractivity contribution in [1.82, 2.24) is 0 Å². The summed E-state index contributed by atoms with van der Waals surface area (Å²) in [6, 6.07) is -0.613. The second-order valence-corrected chi connectivity index (χ2v) is 4.17. The van der Waals surface area contributed by atoms with Gasteiger partial charge in [-0.25, -0.2) is 0 Å². The molecule has 0 aliphatic rings. The molecule has 0 heterocycles. The van der Waals surface area contributed by atoms with Gasteiger partial charge in [-0.15, -0.1) is 0 Å². The third kappa shape index (κ3) is 8.42. The molecule has 0 saturated carbocycles. The maximum atomic E-state index is 11.8. The Labute approximate surface area is 88.0 Å². The summed E-state index contributed by atoms with van der Waals surface area (Å²) in [6.07, 6.45) is -4.79. The molecular formula is C10H18F3NO. The minimum Gasteiger partial charge on any atom is -0.322 e. The molecule has 15 heavy (non-hydrogen) atoms. The molecule has 1 unspecified atom stereocenters. The third-order valence-corrected chi connectivity index (χ3v) is 2.02. The van der Waals surface area contributed by atoms with Gasteiger partial charge in [0, 0.05) is 12.8 Å². The first-order valence-electron chi connectivity index (χ1n) is 5.07. The van der Waals surface area contributed by atoms with Gasteiger partial charge in [0.25, 0.3) is 0 Å². The molecule has 0 fully saturated rings. The van der Waals surface area contributed by atoms with Crippen molar-refractivity contribution in [2.75, 3.05) is 0 Å². The minimum absolute atomic E-state index is 0.0760. The van der Waals surface area contributed by atoms with E-state index in [0.29, 0.717) is 6.42 Å². The fourth-order valence-electron chi connectivity index (χ4n) is 1.29. The van der Waals surface area contributed by atoms with E-state index in [-0.39, 0.29) is 24.5 Å². The van der Waals surface area contributed by atoms with Crippen molar-refractivity contribution in [1.29, 1.82) is 0 Å². The van der Waals surface area contributed by atoms with Gasteiger partial charge in [-0.05, 0) is 18.8 Å².